The summed E-state index contributed by atoms with van der Waals surface area (Å²) in [6.45, 7) is 4.29. The van der Waals surface area contributed by atoms with Gasteiger partial charge in [0, 0.05) is 31.3 Å². The number of amides is 1. The van der Waals surface area contributed by atoms with Crippen LogP contribution in [0.3, 0.4) is 0 Å². The lowest BCUT2D eigenvalue weighted by Gasteiger charge is -2.20. The van der Waals surface area contributed by atoms with Gasteiger partial charge < -0.3 is 20.4 Å². The number of hydrogen-bond donors (Lipinski definition) is 4. The number of primary sulfonamides is 1. The normalized spacial score (nSPS) is 26.2. The Morgan fingerprint density at radius 1 is 1.18 bits per heavy atom. The number of aliphatic hydroxyl groups is 2. The minimum Gasteiger partial charge on any atom is -0.390 e. The molecule has 2 aliphatic rings. The van der Waals surface area contributed by atoms with Crippen LogP contribution in [-0.2, 0) is 14.8 Å². The van der Waals surface area contributed by atoms with Gasteiger partial charge in [0.05, 0.1) is 23.0 Å². The van der Waals surface area contributed by atoms with Crippen molar-refractivity contribution >= 4 is 44.7 Å². The molecule has 2 fully saturated rings. The van der Waals surface area contributed by atoms with Crippen molar-refractivity contribution in [2.24, 2.45) is 11.1 Å². The molecule has 0 aliphatic heterocycles. The molecule has 2 aliphatic carbocycles. The molecule has 2 heterocycles. The smallest absolute Gasteiger partial charge is 0.238 e. The molecule has 2 aromatic heterocycles. The molecule has 1 amide bonds. The van der Waals surface area contributed by atoms with Gasteiger partial charge in [-0.25, -0.2) is 28.2 Å². The molecule has 1 aromatic carbocycles. The summed E-state index contributed by atoms with van der Waals surface area (Å²) in [5.74, 6) is 0.479. The van der Waals surface area contributed by atoms with E-state index in [4.69, 9.17) is 15.1 Å². The Balaban J connectivity index is 1.46. The summed E-state index contributed by atoms with van der Waals surface area (Å²) in [5, 5.41) is 38.7. The van der Waals surface area contributed by atoms with E-state index < -0.39 is 34.2 Å². The van der Waals surface area contributed by atoms with Crippen LogP contribution in [0, 0.1) is 5.92 Å². The summed E-state index contributed by atoms with van der Waals surface area (Å²) in [6, 6.07) is 6.01. The predicted molar refractivity (Wildman–Crippen MR) is 149 cm³/mol. The number of rotatable bonds is 10. The lowest BCUT2D eigenvalue weighted by atomic mass is 10.0. The van der Waals surface area contributed by atoms with Crippen LogP contribution in [0.15, 0.2) is 34.3 Å². The zero-order valence-corrected chi connectivity index (χ0v) is 24.1. The van der Waals surface area contributed by atoms with Crippen molar-refractivity contribution in [2.75, 3.05) is 24.2 Å². The Morgan fingerprint density at radius 2 is 1.90 bits per heavy atom. The summed E-state index contributed by atoms with van der Waals surface area (Å²) in [7, 11) is -1.83. The number of carbonyl (C=O) groups is 1. The second-order valence-electron chi connectivity index (χ2n) is 10.3. The molecule has 5 N–H and O–H groups in total. The lowest BCUT2D eigenvalue weighted by Crippen LogP contribution is -2.38. The van der Waals surface area contributed by atoms with Gasteiger partial charge in [0.2, 0.25) is 15.9 Å². The summed E-state index contributed by atoms with van der Waals surface area (Å²) in [6.07, 6.45) is -0.492. The molecule has 40 heavy (non-hydrogen) atoms. The van der Waals surface area contributed by atoms with E-state index in [2.05, 4.69) is 22.6 Å². The SMILES string of the molecule is CCCSc1nc(N(C)C2CC2c2ccc(S(N)(=O)=O)cc2)c2nnn([C@H]3C[C@@H](C(=O)NCC)[C@H](O)[C@@H]3O)c2n1. The van der Waals surface area contributed by atoms with Crippen LogP contribution >= 0.6 is 11.8 Å². The van der Waals surface area contributed by atoms with Crippen LogP contribution in [0.1, 0.15) is 50.6 Å². The van der Waals surface area contributed by atoms with Crippen molar-refractivity contribution in [2.45, 2.75) is 73.4 Å². The zero-order valence-electron chi connectivity index (χ0n) is 22.5. The van der Waals surface area contributed by atoms with Crippen LogP contribution in [0.4, 0.5) is 5.82 Å². The van der Waals surface area contributed by atoms with Crippen molar-refractivity contribution in [3.05, 3.63) is 29.8 Å². The van der Waals surface area contributed by atoms with Crippen molar-refractivity contribution in [1.82, 2.24) is 30.3 Å². The molecule has 15 heteroatoms. The molecule has 0 bridgehead atoms. The first-order valence-corrected chi connectivity index (χ1v) is 15.8. The minimum atomic E-state index is -3.76. The maximum Gasteiger partial charge on any atom is 0.238 e. The molecule has 6 atom stereocenters. The quantitative estimate of drug-likeness (QED) is 0.193. The number of anilines is 1. The third-order valence-corrected chi connectivity index (χ3v) is 9.58. The number of hydrogen-bond acceptors (Lipinski definition) is 11. The average Bonchev–Trinajstić information content (AvgIpc) is 3.54. The van der Waals surface area contributed by atoms with E-state index in [1.165, 1.54) is 28.6 Å². The third-order valence-electron chi connectivity index (χ3n) is 7.60. The number of nitrogens with two attached hydrogens (primary N) is 1. The number of nitrogens with one attached hydrogen (secondary N) is 1. The molecule has 0 radical (unpaired) electrons. The Morgan fingerprint density at radius 3 is 2.55 bits per heavy atom. The van der Waals surface area contributed by atoms with Gasteiger partial charge in [-0.3, -0.25) is 4.79 Å². The molecule has 2 saturated carbocycles. The molecule has 5 rings (SSSR count). The molecule has 0 saturated heterocycles. The van der Waals surface area contributed by atoms with Gasteiger partial charge in [-0.2, -0.15) is 0 Å². The summed E-state index contributed by atoms with van der Waals surface area (Å²) in [5.41, 5.74) is 1.89. The van der Waals surface area contributed by atoms with Crippen molar-refractivity contribution < 1.29 is 23.4 Å². The monoisotopic (exact) mass is 590 g/mol. The van der Waals surface area contributed by atoms with Crippen LogP contribution in [0.2, 0.25) is 0 Å². The van der Waals surface area contributed by atoms with Gasteiger partial charge >= 0.3 is 0 Å². The minimum absolute atomic E-state index is 0.0714. The Bertz CT molecular complexity index is 1500. The Kier molecular flexibility index (Phi) is 8.03. The first-order valence-electron chi connectivity index (χ1n) is 13.3. The molecular weight excluding hydrogens is 556 g/mol. The van der Waals surface area contributed by atoms with Crippen LogP contribution in [-0.4, -0.2) is 87.1 Å². The van der Waals surface area contributed by atoms with Crippen molar-refractivity contribution in [3.63, 3.8) is 0 Å². The summed E-state index contributed by atoms with van der Waals surface area (Å²) < 4.78 is 24.8. The fourth-order valence-electron chi connectivity index (χ4n) is 5.37. The van der Waals surface area contributed by atoms with Crippen molar-refractivity contribution in [3.8, 4) is 0 Å². The second kappa shape index (κ2) is 11.2. The number of sulfonamides is 1. The van der Waals surface area contributed by atoms with E-state index >= 15 is 0 Å². The number of aromatic nitrogens is 5. The standard InChI is InChI=1S/C25H34N8O5S2/c1-4-10-39-25-28-22(32(3)17-11-15(17)13-6-8-14(9-7-13)40(26,37)38)19-23(29-25)33(31-30-19)18-12-16(20(34)21(18)35)24(36)27-5-2/h6-9,15-18,20-21,34-35H,4-5,10-12H2,1-3H3,(H,27,36)(H2,26,37,38)/t15?,16-,17?,18+,20+,21-/m1/s1. The van der Waals surface area contributed by atoms with Gasteiger partial charge in [-0.15, -0.1) is 5.10 Å². The molecular formula is C25H34N8O5S2. The second-order valence-corrected chi connectivity index (χ2v) is 12.9. The fourth-order valence-corrected chi connectivity index (χ4v) is 6.57. The van der Waals surface area contributed by atoms with E-state index in [9.17, 15) is 23.4 Å². The largest absolute Gasteiger partial charge is 0.390 e. The van der Waals surface area contributed by atoms with Gasteiger partial charge in [0.1, 0.15) is 6.10 Å². The first kappa shape index (κ1) is 28.7. The highest BCUT2D eigenvalue weighted by Crippen LogP contribution is 2.46. The fraction of sp³-hybridized carbons (Fsp3) is 0.560. The molecule has 13 nitrogen and oxygen atoms in total. The van der Waals surface area contributed by atoms with Crippen LogP contribution < -0.4 is 15.4 Å². The topological polar surface area (TPSA) is 189 Å². The number of likely N-dealkylation sites (N-methyl/N-ethyl adjacent to an activating group) is 1. The highest BCUT2D eigenvalue weighted by Gasteiger charge is 2.47. The van der Waals surface area contributed by atoms with Crippen LogP contribution in [0.5, 0.6) is 0 Å². The van der Waals surface area contributed by atoms with Gasteiger partial charge in [0.25, 0.3) is 0 Å². The molecule has 216 valence electrons. The van der Waals surface area contributed by atoms with Gasteiger partial charge in [-0.05, 0) is 43.9 Å². The Labute approximate surface area is 236 Å². The summed E-state index contributed by atoms with van der Waals surface area (Å²) in [4.78, 5) is 24.1. The molecule has 3 aromatic rings. The number of thioether (sulfide) groups is 1. The number of nitrogens with zero attached hydrogens (tertiary/aromatic N) is 6. The van der Waals surface area contributed by atoms with E-state index in [0.717, 1.165) is 24.2 Å². The average molecular weight is 591 g/mol. The van der Waals surface area contributed by atoms with Crippen LogP contribution in [0.25, 0.3) is 11.2 Å². The predicted octanol–water partition coefficient (Wildman–Crippen LogP) is 0.782. The summed E-state index contributed by atoms with van der Waals surface area (Å²) >= 11 is 1.51. The van der Waals surface area contributed by atoms with E-state index in [-0.39, 0.29) is 29.2 Å². The molecule has 2 unspecified atom stereocenters. The van der Waals surface area contributed by atoms with E-state index in [0.29, 0.717) is 28.7 Å². The number of aliphatic hydroxyl groups excluding tert-OH is 2. The highest BCUT2D eigenvalue weighted by atomic mass is 32.2. The van der Waals surface area contributed by atoms with E-state index in [1.807, 2.05) is 11.9 Å². The maximum absolute atomic E-state index is 12.5. The zero-order chi connectivity index (χ0) is 28.8. The highest BCUT2D eigenvalue weighted by molar-refractivity contribution is 7.99. The number of benzene rings is 1. The van der Waals surface area contributed by atoms with E-state index in [1.54, 1.807) is 19.1 Å². The third kappa shape index (κ3) is 5.40. The number of fused-ring (bicyclic) bond motifs is 1. The van der Waals surface area contributed by atoms with Crippen molar-refractivity contribution in [1.29, 1.82) is 0 Å². The lowest BCUT2D eigenvalue weighted by molar-refractivity contribution is -0.128. The molecule has 0 spiro atoms. The maximum atomic E-state index is 12.5. The number of carbonyl (C=O) groups excluding carboxylic acids is 1. The van der Waals surface area contributed by atoms with Gasteiger partial charge in [-0.1, -0.05) is 36.0 Å². The Hall–Kier alpha value is -2.85. The first-order chi connectivity index (χ1) is 19.0. The van der Waals surface area contributed by atoms with Gasteiger partial charge in [0.15, 0.2) is 22.1 Å².